The van der Waals surface area contributed by atoms with Gasteiger partial charge in [0, 0.05) is 19.2 Å². The smallest absolute Gasteiger partial charge is 0.0701 e. The second-order valence-electron chi connectivity index (χ2n) is 4.01. The monoisotopic (exact) mass is 314 g/mol. The maximum atomic E-state index is 5.63. The molecule has 0 bridgehead atoms. The fourth-order valence-electron chi connectivity index (χ4n) is 1.84. The molecule has 4 nitrogen and oxygen atoms in total. The molecule has 1 unspecified atom stereocenters. The molecule has 0 amide bonds. The van der Waals surface area contributed by atoms with Gasteiger partial charge in [-0.3, -0.25) is 16.0 Å². The number of rotatable bonds is 4. The van der Waals surface area contributed by atoms with Crippen LogP contribution in [0.1, 0.15) is 23.0 Å². The van der Waals surface area contributed by atoms with Crippen LogP contribution in [0.5, 0.6) is 0 Å². The third-order valence-electron chi connectivity index (χ3n) is 2.70. The van der Waals surface area contributed by atoms with Gasteiger partial charge in [-0.2, -0.15) is 5.10 Å². The molecule has 1 atom stereocenters. The Balaban J connectivity index is 2.18. The quantitative estimate of drug-likeness (QED) is 0.672. The lowest BCUT2D eigenvalue weighted by Gasteiger charge is -2.14. The van der Waals surface area contributed by atoms with Crippen molar-refractivity contribution in [2.24, 2.45) is 12.9 Å². The van der Waals surface area contributed by atoms with E-state index in [1.165, 1.54) is 11.3 Å². The molecule has 2 aromatic heterocycles. The highest BCUT2D eigenvalue weighted by Crippen LogP contribution is 2.27. The van der Waals surface area contributed by atoms with Crippen molar-refractivity contribution in [1.82, 2.24) is 15.2 Å². The van der Waals surface area contributed by atoms with Crippen molar-refractivity contribution in [2.75, 3.05) is 0 Å². The Kier molecular flexibility index (Phi) is 3.98. The standard InChI is InChI=1S/C11H15BrN4S/c1-7-3-9(16(2)15-7)5-10(14-13)8-4-11(12)17-6-8/h3-4,6,10,14H,5,13H2,1-2H3. The molecule has 0 aliphatic carbocycles. The summed E-state index contributed by atoms with van der Waals surface area (Å²) in [6, 6.07) is 4.30. The number of hydrazine groups is 1. The zero-order valence-corrected chi connectivity index (χ0v) is 12.2. The van der Waals surface area contributed by atoms with E-state index in [4.69, 9.17) is 5.84 Å². The van der Waals surface area contributed by atoms with Crippen LogP contribution in [-0.2, 0) is 13.5 Å². The average molecular weight is 315 g/mol. The molecule has 0 spiro atoms. The lowest BCUT2D eigenvalue weighted by molar-refractivity contribution is 0.531. The molecule has 17 heavy (non-hydrogen) atoms. The highest BCUT2D eigenvalue weighted by atomic mass is 79.9. The second kappa shape index (κ2) is 5.30. The van der Waals surface area contributed by atoms with Gasteiger partial charge in [0.2, 0.25) is 0 Å². The van der Waals surface area contributed by atoms with Crippen molar-refractivity contribution in [3.63, 3.8) is 0 Å². The molecule has 92 valence electrons. The highest BCUT2D eigenvalue weighted by molar-refractivity contribution is 9.11. The Labute approximate surface area is 113 Å². The maximum Gasteiger partial charge on any atom is 0.0701 e. The summed E-state index contributed by atoms with van der Waals surface area (Å²) in [5.41, 5.74) is 6.26. The summed E-state index contributed by atoms with van der Waals surface area (Å²) in [4.78, 5) is 0. The van der Waals surface area contributed by atoms with Gasteiger partial charge in [0.15, 0.2) is 0 Å². The zero-order valence-electron chi connectivity index (χ0n) is 9.77. The maximum absolute atomic E-state index is 5.63. The average Bonchev–Trinajstić information content (AvgIpc) is 2.82. The van der Waals surface area contributed by atoms with Gasteiger partial charge < -0.3 is 0 Å². The number of hydrogen-bond donors (Lipinski definition) is 2. The van der Waals surface area contributed by atoms with E-state index in [-0.39, 0.29) is 6.04 Å². The van der Waals surface area contributed by atoms with Crippen LogP contribution in [0.25, 0.3) is 0 Å². The molecule has 2 rings (SSSR count). The first-order chi connectivity index (χ1) is 8.10. The third kappa shape index (κ3) is 2.95. The van der Waals surface area contributed by atoms with E-state index in [0.717, 1.165) is 15.9 Å². The minimum atomic E-state index is 0.118. The number of thiophene rings is 1. The van der Waals surface area contributed by atoms with Gasteiger partial charge >= 0.3 is 0 Å². The molecule has 0 aliphatic rings. The Morgan fingerprint density at radius 3 is 2.82 bits per heavy atom. The van der Waals surface area contributed by atoms with Crippen LogP contribution < -0.4 is 11.3 Å². The van der Waals surface area contributed by atoms with E-state index >= 15 is 0 Å². The van der Waals surface area contributed by atoms with E-state index in [1.807, 2.05) is 18.7 Å². The van der Waals surface area contributed by atoms with Gasteiger partial charge in [0.1, 0.15) is 0 Å². The van der Waals surface area contributed by atoms with Crippen LogP contribution in [0.3, 0.4) is 0 Å². The number of nitrogens with two attached hydrogens (primary N) is 1. The van der Waals surface area contributed by atoms with Gasteiger partial charge in [0.25, 0.3) is 0 Å². The predicted octanol–water partition coefficient (Wildman–Crippen LogP) is 2.30. The first-order valence-corrected chi connectivity index (χ1v) is 6.97. The summed E-state index contributed by atoms with van der Waals surface area (Å²) in [5.74, 6) is 5.63. The van der Waals surface area contributed by atoms with E-state index in [1.54, 1.807) is 11.3 Å². The first-order valence-electron chi connectivity index (χ1n) is 5.29. The number of nitrogens with zero attached hydrogens (tertiary/aromatic N) is 2. The van der Waals surface area contributed by atoms with Crippen LogP contribution >= 0.6 is 27.3 Å². The summed E-state index contributed by atoms with van der Waals surface area (Å²) >= 11 is 5.13. The van der Waals surface area contributed by atoms with E-state index in [2.05, 4.69) is 44.0 Å². The van der Waals surface area contributed by atoms with Crippen LogP contribution in [0.15, 0.2) is 21.3 Å². The van der Waals surface area contributed by atoms with Crippen molar-refractivity contribution in [3.8, 4) is 0 Å². The van der Waals surface area contributed by atoms with Gasteiger partial charge in [-0.05, 0) is 45.9 Å². The number of aryl methyl sites for hydroxylation is 2. The summed E-state index contributed by atoms with van der Waals surface area (Å²) in [6.07, 6.45) is 0.830. The Bertz CT molecular complexity index is 505. The van der Waals surface area contributed by atoms with Gasteiger partial charge in [0.05, 0.1) is 15.5 Å². The number of nitrogens with one attached hydrogen (secondary N) is 1. The van der Waals surface area contributed by atoms with Crippen molar-refractivity contribution in [3.05, 3.63) is 38.3 Å². The fourth-order valence-corrected chi connectivity index (χ4v) is 3.07. The molecular weight excluding hydrogens is 300 g/mol. The second-order valence-corrected chi connectivity index (χ2v) is 6.30. The largest absolute Gasteiger partial charge is 0.272 e. The highest BCUT2D eigenvalue weighted by Gasteiger charge is 2.14. The molecular formula is C11H15BrN4S. The molecule has 0 aromatic carbocycles. The van der Waals surface area contributed by atoms with Crippen molar-refractivity contribution < 1.29 is 0 Å². The lowest BCUT2D eigenvalue weighted by Crippen LogP contribution is -2.29. The molecule has 0 saturated heterocycles. The Hall–Kier alpha value is -0.690. The molecule has 3 N–H and O–H groups in total. The molecule has 2 heterocycles. The van der Waals surface area contributed by atoms with Crippen molar-refractivity contribution >= 4 is 27.3 Å². The molecule has 0 saturated carbocycles. The van der Waals surface area contributed by atoms with Crippen molar-refractivity contribution in [1.29, 1.82) is 0 Å². The topological polar surface area (TPSA) is 55.9 Å². The minimum absolute atomic E-state index is 0.118. The van der Waals surface area contributed by atoms with Crippen LogP contribution in [-0.4, -0.2) is 9.78 Å². The van der Waals surface area contributed by atoms with Crippen LogP contribution in [0, 0.1) is 6.92 Å². The Morgan fingerprint density at radius 1 is 1.59 bits per heavy atom. The molecule has 0 fully saturated rings. The first kappa shape index (κ1) is 12.8. The number of hydrogen-bond acceptors (Lipinski definition) is 4. The summed E-state index contributed by atoms with van der Waals surface area (Å²) < 4.78 is 3.02. The van der Waals surface area contributed by atoms with Crippen LogP contribution in [0.4, 0.5) is 0 Å². The lowest BCUT2D eigenvalue weighted by atomic mass is 10.1. The number of aromatic nitrogens is 2. The van der Waals surface area contributed by atoms with E-state index in [9.17, 15) is 0 Å². The zero-order chi connectivity index (χ0) is 12.4. The molecule has 2 aromatic rings. The fraction of sp³-hybridized carbons (Fsp3) is 0.364. The predicted molar refractivity (Wildman–Crippen MR) is 73.7 cm³/mol. The van der Waals surface area contributed by atoms with Gasteiger partial charge in [-0.15, -0.1) is 11.3 Å². The Morgan fingerprint density at radius 2 is 2.35 bits per heavy atom. The normalized spacial score (nSPS) is 12.9. The summed E-state index contributed by atoms with van der Waals surface area (Å²) in [6.45, 7) is 2.00. The van der Waals surface area contributed by atoms with Gasteiger partial charge in [-0.25, -0.2) is 0 Å². The van der Waals surface area contributed by atoms with Crippen molar-refractivity contribution in [2.45, 2.75) is 19.4 Å². The molecule has 6 heteroatoms. The molecule has 0 radical (unpaired) electrons. The summed E-state index contributed by atoms with van der Waals surface area (Å²) in [5, 5.41) is 6.45. The minimum Gasteiger partial charge on any atom is -0.272 e. The van der Waals surface area contributed by atoms with E-state index < -0.39 is 0 Å². The molecule has 0 aliphatic heterocycles. The summed E-state index contributed by atoms with van der Waals surface area (Å²) in [7, 11) is 1.96. The van der Waals surface area contributed by atoms with E-state index in [0.29, 0.717) is 0 Å². The van der Waals surface area contributed by atoms with Crippen LogP contribution in [0.2, 0.25) is 0 Å². The number of halogens is 1. The third-order valence-corrected chi connectivity index (χ3v) is 4.23. The van der Waals surface area contributed by atoms with Gasteiger partial charge in [-0.1, -0.05) is 0 Å². The SMILES string of the molecule is Cc1cc(CC(NN)c2csc(Br)c2)n(C)n1.